The maximum atomic E-state index is 6.15. The number of nitrogens with two attached hydrogens (primary N) is 2. The second-order valence-electron chi connectivity index (χ2n) is 4.16. The van der Waals surface area contributed by atoms with E-state index < -0.39 is 0 Å². The molecule has 0 aliphatic carbocycles. The molecule has 4 N–H and O–H groups in total. The van der Waals surface area contributed by atoms with Crippen LogP contribution < -0.4 is 11.5 Å². The Morgan fingerprint density at radius 3 is 2.13 bits per heavy atom. The first-order chi connectivity index (χ1) is 7.11. The van der Waals surface area contributed by atoms with E-state index in [9.17, 15) is 0 Å². The summed E-state index contributed by atoms with van der Waals surface area (Å²) in [4.78, 5) is 0. The molecule has 15 heavy (non-hydrogen) atoms. The largest absolute Gasteiger partial charge is 0.398 e. The zero-order valence-electron chi connectivity index (χ0n) is 10.1. The molecule has 1 rings (SSSR count). The Bertz CT molecular complexity index is 343. The maximum absolute atomic E-state index is 6.15. The van der Waals surface area contributed by atoms with E-state index in [1.54, 1.807) is 0 Å². The van der Waals surface area contributed by atoms with E-state index >= 15 is 0 Å². The molecule has 0 heterocycles. The molecule has 0 amide bonds. The number of hydrogen-bond acceptors (Lipinski definition) is 2. The first kappa shape index (κ1) is 11.9. The second kappa shape index (κ2) is 5.06. The van der Waals surface area contributed by atoms with Crippen molar-refractivity contribution >= 4 is 11.4 Å². The third kappa shape index (κ3) is 2.44. The van der Waals surface area contributed by atoms with Crippen LogP contribution in [0.25, 0.3) is 0 Å². The monoisotopic (exact) mass is 206 g/mol. The fraction of sp³-hybridized carbons (Fsp3) is 0.538. The first-order valence-corrected chi connectivity index (χ1v) is 5.78. The molecule has 2 heteroatoms. The summed E-state index contributed by atoms with van der Waals surface area (Å²) >= 11 is 0. The van der Waals surface area contributed by atoms with Crippen LogP contribution in [0, 0.1) is 6.92 Å². The van der Waals surface area contributed by atoms with Crippen LogP contribution in [-0.2, 0) is 12.8 Å². The summed E-state index contributed by atoms with van der Waals surface area (Å²) < 4.78 is 0. The predicted octanol–water partition coefficient (Wildman–Crippen LogP) is 3.06. The van der Waals surface area contributed by atoms with Gasteiger partial charge in [0.1, 0.15) is 0 Å². The highest BCUT2D eigenvalue weighted by molar-refractivity contribution is 5.68. The van der Waals surface area contributed by atoms with Gasteiger partial charge in [0, 0.05) is 11.4 Å². The van der Waals surface area contributed by atoms with Gasteiger partial charge in [-0.05, 0) is 36.5 Å². The van der Waals surface area contributed by atoms with Crippen LogP contribution in [-0.4, -0.2) is 0 Å². The van der Waals surface area contributed by atoms with Gasteiger partial charge < -0.3 is 11.5 Å². The maximum Gasteiger partial charge on any atom is 0.0400 e. The zero-order valence-corrected chi connectivity index (χ0v) is 10.1. The van der Waals surface area contributed by atoms with Gasteiger partial charge in [-0.15, -0.1) is 0 Å². The SMILES string of the molecule is CCCc1cc(C)c(N)c(CCC)c1N. The number of benzene rings is 1. The van der Waals surface area contributed by atoms with E-state index in [4.69, 9.17) is 11.5 Å². The van der Waals surface area contributed by atoms with Crippen molar-refractivity contribution in [1.29, 1.82) is 0 Å². The lowest BCUT2D eigenvalue weighted by Crippen LogP contribution is -2.06. The normalized spacial score (nSPS) is 10.6. The summed E-state index contributed by atoms with van der Waals surface area (Å²) in [7, 11) is 0. The molecule has 0 aliphatic heterocycles. The summed E-state index contributed by atoms with van der Waals surface area (Å²) in [5.74, 6) is 0. The predicted molar refractivity (Wildman–Crippen MR) is 68.0 cm³/mol. The smallest absolute Gasteiger partial charge is 0.0400 e. The van der Waals surface area contributed by atoms with Crippen LogP contribution >= 0.6 is 0 Å². The van der Waals surface area contributed by atoms with E-state index in [0.29, 0.717) is 0 Å². The quantitative estimate of drug-likeness (QED) is 0.744. The van der Waals surface area contributed by atoms with Crippen molar-refractivity contribution in [3.05, 3.63) is 22.8 Å². The summed E-state index contributed by atoms with van der Waals surface area (Å²) in [5, 5.41) is 0. The number of hydrogen-bond donors (Lipinski definition) is 2. The van der Waals surface area contributed by atoms with Crippen molar-refractivity contribution < 1.29 is 0 Å². The van der Waals surface area contributed by atoms with Gasteiger partial charge in [-0.3, -0.25) is 0 Å². The van der Waals surface area contributed by atoms with Crippen molar-refractivity contribution in [3.63, 3.8) is 0 Å². The summed E-state index contributed by atoms with van der Waals surface area (Å²) in [5.41, 5.74) is 17.6. The van der Waals surface area contributed by atoms with Crippen molar-refractivity contribution in [2.75, 3.05) is 11.5 Å². The molecule has 0 atom stereocenters. The molecule has 0 saturated heterocycles. The zero-order chi connectivity index (χ0) is 11.4. The van der Waals surface area contributed by atoms with Gasteiger partial charge in [-0.25, -0.2) is 0 Å². The fourth-order valence-corrected chi connectivity index (χ4v) is 1.99. The Hall–Kier alpha value is -1.18. The molecule has 0 fully saturated rings. The van der Waals surface area contributed by atoms with Crippen LogP contribution in [0.1, 0.15) is 43.4 Å². The van der Waals surface area contributed by atoms with Crippen molar-refractivity contribution in [2.24, 2.45) is 0 Å². The van der Waals surface area contributed by atoms with Gasteiger partial charge in [-0.2, -0.15) is 0 Å². The van der Waals surface area contributed by atoms with Crippen LogP contribution in [0.3, 0.4) is 0 Å². The fourth-order valence-electron chi connectivity index (χ4n) is 1.99. The first-order valence-electron chi connectivity index (χ1n) is 5.78. The van der Waals surface area contributed by atoms with Gasteiger partial charge in [0.2, 0.25) is 0 Å². The molecule has 0 spiro atoms. The van der Waals surface area contributed by atoms with Gasteiger partial charge in [-0.1, -0.05) is 32.8 Å². The van der Waals surface area contributed by atoms with Crippen LogP contribution in [0.2, 0.25) is 0 Å². The number of rotatable bonds is 4. The van der Waals surface area contributed by atoms with E-state index in [1.165, 1.54) is 5.56 Å². The highest BCUT2D eigenvalue weighted by Gasteiger charge is 2.10. The number of aryl methyl sites for hydroxylation is 2. The van der Waals surface area contributed by atoms with Gasteiger partial charge in [0.05, 0.1) is 0 Å². The second-order valence-corrected chi connectivity index (χ2v) is 4.16. The van der Waals surface area contributed by atoms with E-state index in [0.717, 1.165) is 48.2 Å². The van der Waals surface area contributed by atoms with Gasteiger partial charge >= 0.3 is 0 Å². The third-order valence-corrected chi connectivity index (χ3v) is 2.83. The lowest BCUT2D eigenvalue weighted by atomic mass is 9.95. The molecule has 0 aliphatic rings. The van der Waals surface area contributed by atoms with Crippen LogP contribution in [0.15, 0.2) is 6.07 Å². The minimum Gasteiger partial charge on any atom is -0.398 e. The Morgan fingerprint density at radius 2 is 1.60 bits per heavy atom. The van der Waals surface area contributed by atoms with E-state index in [1.807, 2.05) is 0 Å². The highest BCUT2D eigenvalue weighted by Crippen LogP contribution is 2.29. The molecule has 84 valence electrons. The van der Waals surface area contributed by atoms with Crippen LogP contribution in [0.5, 0.6) is 0 Å². The molecular weight excluding hydrogens is 184 g/mol. The van der Waals surface area contributed by atoms with Crippen LogP contribution in [0.4, 0.5) is 11.4 Å². The summed E-state index contributed by atoms with van der Waals surface area (Å²) in [6, 6.07) is 2.13. The van der Waals surface area contributed by atoms with Gasteiger partial charge in [0.15, 0.2) is 0 Å². The molecule has 1 aromatic rings. The minimum absolute atomic E-state index is 0.884. The number of nitrogen functional groups attached to an aromatic ring is 2. The summed E-state index contributed by atoms with van der Waals surface area (Å²) in [6.07, 6.45) is 4.24. The molecule has 0 aromatic heterocycles. The Labute approximate surface area is 92.7 Å². The molecule has 0 radical (unpaired) electrons. The lowest BCUT2D eigenvalue weighted by Gasteiger charge is -2.15. The van der Waals surface area contributed by atoms with E-state index in [-0.39, 0.29) is 0 Å². The Morgan fingerprint density at radius 1 is 1.00 bits per heavy atom. The molecule has 0 unspecified atom stereocenters. The van der Waals surface area contributed by atoms with Crippen molar-refractivity contribution in [2.45, 2.75) is 46.5 Å². The molecule has 1 aromatic carbocycles. The van der Waals surface area contributed by atoms with Crippen molar-refractivity contribution in [3.8, 4) is 0 Å². The highest BCUT2D eigenvalue weighted by atomic mass is 14.6. The molecule has 2 nitrogen and oxygen atoms in total. The molecular formula is C13H22N2. The standard InChI is InChI=1S/C13H22N2/c1-4-6-10-8-9(3)12(14)11(7-5-2)13(10)15/h8H,4-7,14-15H2,1-3H3. The number of anilines is 2. The minimum atomic E-state index is 0.884. The topological polar surface area (TPSA) is 52.0 Å². The third-order valence-electron chi connectivity index (χ3n) is 2.83. The Balaban J connectivity index is 3.22. The summed E-state index contributed by atoms with van der Waals surface area (Å²) in [6.45, 7) is 6.39. The Kier molecular flexibility index (Phi) is 4.01. The van der Waals surface area contributed by atoms with Gasteiger partial charge in [0.25, 0.3) is 0 Å². The van der Waals surface area contributed by atoms with E-state index in [2.05, 4.69) is 26.8 Å². The average Bonchev–Trinajstić information content (AvgIpc) is 2.21. The average molecular weight is 206 g/mol. The van der Waals surface area contributed by atoms with Crippen molar-refractivity contribution in [1.82, 2.24) is 0 Å². The molecule has 0 saturated carbocycles. The molecule has 0 bridgehead atoms. The lowest BCUT2D eigenvalue weighted by molar-refractivity contribution is 0.899.